The van der Waals surface area contributed by atoms with Gasteiger partial charge in [-0.15, -0.1) is 0 Å². The molecule has 1 aromatic carbocycles. The van der Waals surface area contributed by atoms with Crippen molar-refractivity contribution >= 4 is 13.9 Å². The van der Waals surface area contributed by atoms with Crippen LogP contribution >= 0.6 is 0 Å². The minimum absolute atomic E-state index is 0.359. The molecule has 0 fully saturated rings. The normalized spacial score (nSPS) is 20.0. The lowest BCUT2D eigenvalue weighted by atomic mass is 10.1. The van der Waals surface area contributed by atoms with E-state index in [9.17, 15) is 4.79 Å². The standard InChI is InChI=1S/C14H20OSi/c1-5-16(3,4)14-9-13(15)12-8-10(2)6-7-11(12)14/h6-8,14H,5,9H2,1-4H3/t14-/m0/s1. The van der Waals surface area contributed by atoms with E-state index in [4.69, 9.17) is 0 Å². The summed E-state index contributed by atoms with van der Waals surface area (Å²) >= 11 is 0. The highest BCUT2D eigenvalue weighted by Crippen LogP contribution is 2.41. The van der Waals surface area contributed by atoms with E-state index in [1.165, 1.54) is 17.2 Å². The summed E-state index contributed by atoms with van der Waals surface area (Å²) in [6, 6.07) is 7.64. The van der Waals surface area contributed by atoms with Crippen molar-refractivity contribution < 1.29 is 4.79 Å². The van der Waals surface area contributed by atoms with Crippen LogP contribution in [-0.4, -0.2) is 13.9 Å². The summed E-state index contributed by atoms with van der Waals surface area (Å²) in [6.07, 6.45) is 0.756. The minimum Gasteiger partial charge on any atom is -0.294 e. The molecular weight excluding hydrogens is 212 g/mol. The Morgan fingerprint density at radius 2 is 2.06 bits per heavy atom. The Hall–Kier alpha value is -0.893. The van der Waals surface area contributed by atoms with Gasteiger partial charge in [0.1, 0.15) is 0 Å². The third-order valence-corrected chi connectivity index (χ3v) is 8.35. The maximum absolute atomic E-state index is 12.0. The number of Topliss-reactive ketones (excluding diaryl/α,β-unsaturated/α-hetero) is 1. The molecular formula is C14H20OSi. The molecule has 16 heavy (non-hydrogen) atoms. The molecule has 1 aliphatic carbocycles. The third-order valence-electron chi connectivity index (χ3n) is 4.13. The first-order valence-corrected chi connectivity index (χ1v) is 9.38. The number of hydrogen-bond acceptors (Lipinski definition) is 1. The molecule has 0 saturated carbocycles. The lowest BCUT2D eigenvalue weighted by Gasteiger charge is -2.28. The summed E-state index contributed by atoms with van der Waals surface area (Å²) in [4.78, 5) is 12.0. The van der Waals surface area contributed by atoms with Crippen LogP contribution in [0.25, 0.3) is 0 Å². The number of fused-ring (bicyclic) bond motifs is 1. The van der Waals surface area contributed by atoms with Crippen molar-refractivity contribution in [2.75, 3.05) is 0 Å². The van der Waals surface area contributed by atoms with Crippen molar-refractivity contribution in [2.45, 2.75) is 44.9 Å². The van der Waals surface area contributed by atoms with Gasteiger partial charge in [-0.25, -0.2) is 0 Å². The predicted molar refractivity (Wildman–Crippen MR) is 70.8 cm³/mol. The van der Waals surface area contributed by atoms with E-state index in [-0.39, 0.29) is 0 Å². The molecule has 1 aromatic rings. The van der Waals surface area contributed by atoms with Gasteiger partial charge in [0.05, 0.1) is 8.07 Å². The molecule has 0 saturated heterocycles. The molecule has 1 atom stereocenters. The fraction of sp³-hybridized carbons (Fsp3) is 0.500. The van der Waals surface area contributed by atoms with Gasteiger partial charge in [-0.05, 0) is 24.1 Å². The topological polar surface area (TPSA) is 17.1 Å². The Morgan fingerprint density at radius 3 is 2.69 bits per heavy atom. The molecule has 0 aliphatic heterocycles. The van der Waals surface area contributed by atoms with E-state index >= 15 is 0 Å². The molecule has 2 heteroatoms. The van der Waals surface area contributed by atoms with Crippen molar-refractivity contribution in [3.63, 3.8) is 0 Å². The molecule has 0 radical (unpaired) electrons. The maximum atomic E-state index is 12.0. The van der Waals surface area contributed by atoms with Crippen molar-refractivity contribution in [3.8, 4) is 0 Å². The largest absolute Gasteiger partial charge is 0.294 e. The Bertz CT molecular complexity index is 434. The highest BCUT2D eigenvalue weighted by atomic mass is 28.3. The van der Waals surface area contributed by atoms with Crippen LogP contribution in [0.1, 0.15) is 40.4 Å². The molecule has 1 nitrogen and oxygen atoms in total. The lowest BCUT2D eigenvalue weighted by Crippen LogP contribution is -2.32. The number of carbonyl (C=O) groups is 1. The summed E-state index contributed by atoms with van der Waals surface area (Å²) in [7, 11) is -1.28. The lowest BCUT2D eigenvalue weighted by molar-refractivity contribution is 0.0993. The zero-order valence-corrected chi connectivity index (χ0v) is 11.6. The maximum Gasteiger partial charge on any atom is 0.163 e. The van der Waals surface area contributed by atoms with Crippen molar-refractivity contribution in [2.24, 2.45) is 0 Å². The first kappa shape index (κ1) is 11.6. The van der Waals surface area contributed by atoms with Gasteiger partial charge in [-0.3, -0.25) is 4.79 Å². The molecule has 0 bridgehead atoms. The van der Waals surface area contributed by atoms with E-state index in [1.54, 1.807) is 0 Å². The fourth-order valence-electron chi connectivity index (χ4n) is 2.56. The Kier molecular flexibility index (Phi) is 2.78. The molecule has 0 unspecified atom stereocenters. The van der Waals surface area contributed by atoms with Crippen LogP contribution in [-0.2, 0) is 0 Å². The van der Waals surface area contributed by atoms with Gasteiger partial charge in [0, 0.05) is 12.0 Å². The van der Waals surface area contributed by atoms with Crippen LogP contribution in [0.4, 0.5) is 0 Å². The number of aryl methyl sites for hydroxylation is 1. The first-order valence-electron chi connectivity index (χ1n) is 6.09. The average molecular weight is 232 g/mol. The van der Waals surface area contributed by atoms with Gasteiger partial charge in [0.15, 0.2) is 5.78 Å². The molecule has 1 aliphatic rings. The van der Waals surface area contributed by atoms with Crippen LogP contribution in [0.2, 0.25) is 19.1 Å². The van der Waals surface area contributed by atoms with E-state index in [2.05, 4.69) is 45.1 Å². The summed E-state index contributed by atoms with van der Waals surface area (Å²) in [5.74, 6) is 0.359. The number of rotatable bonds is 2. The van der Waals surface area contributed by atoms with E-state index < -0.39 is 8.07 Å². The zero-order valence-electron chi connectivity index (χ0n) is 10.6. The van der Waals surface area contributed by atoms with E-state index in [0.717, 1.165) is 12.0 Å². The number of benzene rings is 1. The van der Waals surface area contributed by atoms with Crippen molar-refractivity contribution in [3.05, 3.63) is 34.9 Å². The van der Waals surface area contributed by atoms with Gasteiger partial charge in [-0.2, -0.15) is 0 Å². The average Bonchev–Trinajstić information content (AvgIpc) is 2.57. The second-order valence-electron chi connectivity index (χ2n) is 5.61. The zero-order chi connectivity index (χ0) is 11.9. The highest BCUT2D eigenvalue weighted by Gasteiger charge is 2.39. The molecule has 0 amide bonds. The van der Waals surface area contributed by atoms with Gasteiger partial charge in [0.2, 0.25) is 0 Å². The van der Waals surface area contributed by atoms with Crippen LogP contribution in [0.3, 0.4) is 0 Å². The number of carbonyl (C=O) groups excluding carboxylic acids is 1. The summed E-state index contributed by atoms with van der Waals surface area (Å²) < 4.78 is 0. The quantitative estimate of drug-likeness (QED) is 0.706. The number of hydrogen-bond donors (Lipinski definition) is 0. The first-order chi connectivity index (χ1) is 7.45. The Balaban J connectivity index is 2.48. The minimum atomic E-state index is -1.28. The van der Waals surface area contributed by atoms with Gasteiger partial charge < -0.3 is 0 Å². The summed E-state index contributed by atoms with van der Waals surface area (Å²) in [6.45, 7) is 9.13. The summed E-state index contributed by atoms with van der Waals surface area (Å²) in [5, 5.41) is 0. The SMILES string of the molecule is CC[Si](C)(C)[C@H]1CC(=O)c2cc(C)ccc21. The van der Waals surface area contributed by atoms with Crippen LogP contribution in [0.15, 0.2) is 18.2 Å². The molecule has 86 valence electrons. The summed E-state index contributed by atoms with van der Waals surface area (Å²) in [5.41, 5.74) is 4.07. The van der Waals surface area contributed by atoms with Gasteiger partial charge in [-0.1, -0.05) is 43.8 Å². The smallest absolute Gasteiger partial charge is 0.163 e. The Morgan fingerprint density at radius 1 is 1.38 bits per heavy atom. The van der Waals surface area contributed by atoms with E-state index in [0.29, 0.717) is 11.3 Å². The van der Waals surface area contributed by atoms with Crippen molar-refractivity contribution in [1.82, 2.24) is 0 Å². The fourth-order valence-corrected chi connectivity index (χ4v) is 4.89. The third kappa shape index (κ3) is 1.75. The number of ketones is 1. The van der Waals surface area contributed by atoms with Crippen LogP contribution in [0, 0.1) is 6.92 Å². The molecule has 0 spiro atoms. The monoisotopic (exact) mass is 232 g/mol. The van der Waals surface area contributed by atoms with Crippen LogP contribution in [0.5, 0.6) is 0 Å². The predicted octanol–water partition coefficient (Wildman–Crippen LogP) is 3.93. The van der Waals surface area contributed by atoms with Gasteiger partial charge >= 0.3 is 0 Å². The molecule has 0 aromatic heterocycles. The van der Waals surface area contributed by atoms with Crippen molar-refractivity contribution in [1.29, 1.82) is 0 Å². The van der Waals surface area contributed by atoms with E-state index in [1.807, 2.05) is 0 Å². The van der Waals surface area contributed by atoms with Gasteiger partial charge in [0.25, 0.3) is 0 Å². The Labute approximate surface area is 98.9 Å². The van der Waals surface area contributed by atoms with Crippen LogP contribution < -0.4 is 0 Å². The highest BCUT2D eigenvalue weighted by molar-refractivity contribution is 6.79. The molecule has 0 heterocycles. The second-order valence-corrected chi connectivity index (χ2v) is 11.0. The molecule has 0 N–H and O–H groups in total. The second kappa shape index (κ2) is 3.84. The molecule has 2 rings (SSSR count).